The molecule has 1 amide bonds. The average Bonchev–Trinajstić information content (AvgIpc) is 2.92. The number of rotatable bonds is 5. The van der Waals surface area contributed by atoms with Crippen molar-refractivity contribution in [3.8, 4) is 11.5 Å². The lowest BCUT2D eigenvalue weighted by Crippen LogP contribution is -2.27. The van der Waals surface area contributed by atoms with E-state index in [1.807, 2.05) is 63.2 Å². The van der Waals surface area contributed by atoms with E-state index in [9.17, 15) is 4.79 Å². The Kier molecular flexibility index (Phi) is 5.87. The minimum atomic E-state index is -0.126. The van der Waals surface area contributed by atoms with Crippen LogP contribution >= 0.6 is 24.0 Å². The first kappa shape index (κ1) is 19.5. The molecule has 1 saturated heterocycles. The molecule has 0 aliphatic carbocycles. The van der Waals surface area contributed by atoms with E-state index < -0.39 is 0 Å². The van der Waals surface area contributed by atoms with E-state index in [1.54, 1.807) is 12.0 Å². The van der Waals surface area contributed by atoms with Gasteiger partial charge in [-0.3, -0.25) is 9.69 Å². The Morgan fingerprint density at radius 2 is 1.96 bits per heavy atom. The molecule has 0 spiro atoms. The molecule has 0 bridgehead atoms. The van der Waals surface area contributed by atoms with Gasteiger partial charge in [0.25, 0.3) is 5.91 Å². The van der Waals surface area contributed by atoms with Crippen molar-refractivity contribution in [1.82, 2.24) is 0 Å². The third-order valence-corrected chi connectivity index (χ3v) is 5.65. The molecule has 3 rings (SSSR count). The van der Waals surface area contributed by atoms with Gasteiger partial charge < -0.3 is 9.47 Å². The SMILES string of the molecule is CCOc1c(/C=C2/SC(=S)N(c3ccc(C)c(C)c3)C2=O)cccc1OC. The Labute approximate surface area is 169 Å². The van der Waals surface area contributed by atoms with E-state index in [-0.39, 0.29) is 5.91 Å². The molecule has 2 aromatic carbocycles. The highest BCUT2D eigenvalue weighted by molar-refractivity contribution is 8.27. The molecule has 1 heterocycles. The van der Waals surface area contributed by atoms with Crippen LogP contribution in [0.2, 0.25) is 0 Å². The van der Waals surface area contributed by atoms with Crippen LogP contribution in [0.25, 0.3) is 6.08 Å². The number of carbonyl (C=O) groups excluding carboxylic acids is 1. The number of hydrogen-bond donors (Lipinski definition) is 0. The summed E-state index contributed by atoms with van der Waals surface area (Å²) in [6.07, 6.45) is 1.81. The molecule has 140 valence electrons. The summed E-state index contributed by atoms with van der Waals surface area (Å²) in [4.78, 5) is 15.2. The molecule has 1 fully saturated rings. The lowest BCUT2D eigenvalue weighted by molar-refractivity contribution is -0.113. The highest BCUT2D eigenvalue weighted by Crippen LogP contribution is 2.39. The fourth-order valence-electron chi connectivity index (χ4n) is 2.80. The Balaban J connectivity index is 1.99. The molecule has 1 aliphatic heterocycles. The Hall–Kier alpha value is -2.31. The van der Waals surface area contributed by atoms with Crippen molar-refractivity contribution in [2.75, 3.05) is 18.6 Å². The Morgan fingerprint density at radius 3 is 2.63 bits per heavy atom. The minimum Gasteiger partial charge on any atom is -0.493 e. The Bertz CT molecular complexity index is 937. The fourth-order valence-corrected chi connectivity index (χ4v) is 4.09. The molecular weight excluding hydrogens is 378 g/mol. The number of anilines is 1. The van der Waals surface area contributed by atoms with Gasteiger partial charge in [-0.2, -0.15) is 0 Å². The van der Waals surface area contributed by atoms with Crippen LogP contribution in [0.4, 0.5) is 5.69 Å². The van der Waals surface area contributed by atoms with Crippen molar-refractivity contribution in [3.63, 3.8) is 0 Å². The summed E-state index contributed by atoms with van der Waals surface area (Å²) < 4.78 is 11.6. The quantitative estimate of drug-likeness (QED) is 0.516. The number of amides is 1. The molecule has 6 heteroatoms. The maximum Gasteiger partial charge on any atom is 0.270 e. The van der Waals surface area contributed by atoms with Crippen LogP contribution in [0.5, 0.6) is 11.5 Å². The second-order valence-corrected chi connectivity index (χ2v) is 7.77. The summed E-state index contributed by atoms with van der Waals surface area (Å²) in [6, 6.07) is 11.5. The number of carbonyl (C=O) groups is 1. The van der Waals surface area contributed by atoms with Crippen molar-refractivity contribution in [2.45, 2.75) is 20.8 Å². The number of nitrogens with zero attached hydrogens (tertiary/aromatic N) is 1. The number of hydrogen-bond acceptors (Lipinski definition) is 5. The Morgan fingerprint density at radius 1 is 1.19 bits per heavy atom. The summed E-state index contributed by atoms with van der Waals surface area (Å²) in [5.41, 5.74) is 3.88. The van der Waals surface area contributed by atoms with Crippen molar-refractivity contribution in [1.29, 1.82) is 0 Å². The number of ether oxygens (including phenoxy) is 2. The number of methoxy groups -OCH3 is 1. The van der Waals surface area contributed by atoms with Gasteiger partial charge in [-0.05, 0) is 56.2 Å². The minimum absolute atomic E-state index is 0.126. The van der Waals surface area contributed by atoms with Crippen molar-refractivity contribution in [3.05, 3.63) is 58.0 Å². The molecule has 0 unspecified atom stereocenters. The monoisotopic (exact) mass is 399 g/mol. The third-order valence-electron chi connectivity index (χ3n) is 4.35. The van der Waals surface area contributed by atoms with Crippen LogP contribution in [0.1, 0.15) is 23.6 Å². The van der Waals surface area contributed by atoms with Gasteiger partial charge >= 0.3 is 0 Å². The zero-order chi connectivity index (χ0) is 19.6. The molecule has 0 atom stereocenters. The van der Waals surface area contributed by atoms with E-state index in [1.165, 1.54) is 17.3 Å². The molecule has 0 N–H and O–H groups in total. The van der Waals surface area contributed by atoms with Gasteiger partial charge in [-0.15, -0.1) is 0 Å². The van der Waals surface area contributed by atoms with E-state index in [2.05, 4.69) is 0 Å². The number of aryl methyl sites for hydroxylation is 2. The molecule has 27 heavy (non-hydrogen) atoms. The van der Waals surface area contributed by atoms with Crippen LogP contribution in [0, 0.1) is 13.8 Å². The smallest absolute Gasteiger partial charge is 0.270 e. The van der Waals surface area contributed by atoms with E-state index in [4.69, 9.17) is 21.7 Å². The summed E-state index contributed by atoms with van der Waals surface area (Å²) >= 11 is 6.77. The normalized spacial score (nSPS) is 15.6. The second-order valence-electron chi connectivity index (χ2n) is 6.10. The van der Waals surface area contributed by atoms with Crippen molar-refractivity contribution >= 4 is 46.0 Å². The number of para-hydroxylation sites is 1. The van der Waals surface area contributed by atoms with E-state index >= 15 is 0 Å². The first-order chi connectivity index (χ1) is 13.0. The van der Waals surface area contributed by atoms with E-state index in [0.29, 0.717) is 27.3 Å². The molecule has 4 nitrogen and oxygen atoms in total. The van der Waals surface area contributed by atoms with Crippen LogP contribution in [0.15, 0.2) is 41.3 Å². The first-order valence-electron chi connectivity index (χ1n) is 8.61. The maximum atomic E-state index is 13.0. The molecule has 1 aliphatic rings. The fraction of sp³-hybridized carbons (Fsp3) is 0.238. The van der Waals surface area contributed by atoms with Crippen LogP contribution < -0.4 is 14.4 Å². The zero-order valence-electron chi connectivity index (χ0n) is 15.7. The van der Waals surface area contributed by atoms with Gasteiger partial charge in [0.05, 0.1) is 24.3 Å². The molecular formula is C21H21NO3S2. The summed E-state index contributed by atoms with van der Waals surface area (Å²) in [5.74, 6) is 1.13. The highest BCUT2D eigenvalue weighted by Gasteiger charge is 2.33. The molecule has 0 aromatic heterocycles. The summed E-state index contributed by atoms with van der Waals surface area (Å²) in [7, 11) is 1.60. The predicted molar refractivity (Wildman–Crippen MR) is 116 cm³/mol. The summed E-state index contributed by atoms with van der Waals surface area (Å²) in [5, 5.41) is 0. The summed E-state index contributed by atoms with van der Waals surface area (Å²) in [6.45, 7) is 6.48. The zero-order valence-corrected chi connectivity index (χ0v) is 17.4. The van der Waals surface area contributed by atoms with Gasteiger partial charge in [0.1, 0.15) is 0 Å². The van der Waals surface area contributed by atoms with Gasteiger partial charge in [-0.25, -0.2) is 0 Å². The van der Waals surface area contributed by atoms with Crippen molar-refractivity contribution in [2.24, 2.45) is 0 Å². The van der Waals surface area contributed by atoms with Crippen LogP contribution in [-0.2, 0) is 4.79 Å². The number of thioether (sulfide) groups is 1. The topological polar surface area (TPSA) is 38.8 Å². The number of benzene rings is 2. The number of thiocarbonyl (C=S) groups is 1. The van der Waals surface area contributed by atoms with E-state index in [0.717, 1.165) is 16.8 Å². The second kappa shape index (κ2) is 8.15. The molecule has 0 radical (unpaired) electrons. The van der Waals surface area contributed by atoms with Gasteiger partial charge in [-0.1, -0.05) is 42.2 Å². The lowest BCUT2D eigenvalue weighted by atomic mass is 10.1. The van der Waals surface area contributed by atoms with Crippen molar-refractivity contribution < 1.29 is 14.3 Å². The maximum absolute atomic E-state index is 13.0. The molecule has 2 aromatic rings. The van der Waals surface area contributed by atoms with Gasteiger partial charge in [0.2, 0.25) is 0 Å². The average molecular weight is 400 g/mol. The highest BCUT2D eigenvalue weighted by atomic mass is 32.2. The van der Waals surface area contributed by atoms with Crippen LogP contribution in [-0.4, -0.2) is 23.9 Å². The predicted octanol–water partition coefficient (Wildman–Crippen LogP) is 5.12. The van der Waals surface area contributed by atoms with Crippen LogP contribution in [0.3, 0.4) is 0 Å². The first-order valence-corrected chi connectivity index (χ1v) is 9.83. The lowest BCUT2D eigenvalue weighted by Gasteiger charge is -2.16. The largest absolute Gasteiger partial charge is 0.493 e. The van der Waals surface area contributed by atoms with Gasteiger partial charge in [0, 0.05) is 5.56 Å². The third kappa shape index (κ3) is 3.87. The molecule has 0 saturated carbocycles. The van der Waals surface area contributed by atoms with Gasteiger partial charge in [0.15, 0.2) is 15.8 Å². The standard InChI is InChI=1S/C21H21NO3S2/c1-5-25-19-15(7-6-8-17(19)24-4)12-18-20(23)22(21(26)27-18)16-10-9-13(2)14(3)11-16/h6-12H,5H2,1-4H3/b18-12+.